The summed E-state index contributed by atoms with van der Waals surface area (Å²) < 4.78 is 65.2. The van der Waals surface area contributed by atoms with E-state index in [4.69, 9.17) is 9.47 Å². The van der Waals surface area contributed by atoms with Crippen molar-refractivity contribution in [1.29, 1.82) is 0 Å². The average Bonchev–Trinajstić information content (AvgIpc) is 3.51. The summed E-state index contributed by atoms with van der Waals surface area (Å²) >= 11 is 1.98. The Hall–Kier alpha value is -2.94. The number of benzene rings is 1. The van der Waals surface area contributed by atoms with E-state index in [1.807, 2.05) is 0 Å². The first kappa shape index (κ1) is 23.2. The smallest absolute Gasteiger partial charge is 0.347 e. The monoisotopic (exact) mass is 528 g/mol. The van der Waals surface area contributed by atoms with Crippen LogP contribution in [0, 0.1) is 0 Å². The molecule has 0 saturated carbocycles. The summed E-state index contributed by atoms with van der Waals surface area (Å²) in [5, 5.41) is 3.17. The molecule has 0 amide bonds. The quantitative estimate of drug-likeness (QED) is 0.425. The fourth-order valence-corrected chi connectivity index (χ4v) is 6.96. The molecule has 4 rings (SSSR count). The molecule has 174 valence electrons. The summed E-state index contributed by atoms with van der Waals surface area (Å²) in [4.78, 5) is 24.3. The Bertz CT molecular complexity index is 1300. The second-order valence-electron chi connectivity index (χ2n) is 6.72. The number of esters is 2. The van der Waals surface area contributed by atoms with E-state index in [2.05, 4.69) is 9.44 Å². The van der Waals surface area contributed by atoms with Crippen LogP contribution in [0.3, 0.4) is 0 Å². The van der Waals surface area contributed by atoms with Gasteiger partial charge in [-0.25, -0.2) is 26.4 Å². The number of thiophene rings is 2. The molecule has 1 aliphatic rings. The number of nitrogens with one attached hydrogen (secondary N) is 2. The minimum Gasteiger partial charge on any atom is -0.463 e. The van der Waals surface area contributed by atoms with E-state index in [-0.39, 0.29) is 38.4 Å². The van der Waals surface area contributed by atoms with Crippen molar-refractivity contribution in [2.24, 2.45) is 0 Å². The Kier molecular flexibility index (Phi) is 6.43. The number of cyclic esters (lactones) is 1. The zero-order chi connectivity index (χ0) is 23.6. The standard InChI is InChI=1S/C19H16N2O8S4/c22-18(29-15-5-6-28-19(15)23)12-9-13(20-32(24,25)16-3-1-7-30-16)11-14(10-12)21-33(26,27)17-4-2-8-31-17/h1-4,7-11,15,20-21H,5-6H2. The van der Waals surface area contributed by atoms with Gasteiger partial charge in [0.25, 0.3) is 20.0 Å². The molecule has 14 heteroatoms. The highest BCUT2D eigenvalue weighted by molar-refractivity contribution is 7.95. The highest BCUT2D eigenvalue weighted by Gasteiger charge is 2.31. The Labute approximate surface area is 197 Å². The van der Waals surface area contributed by atoms with Crippen LogP contribution in [0.15, 0.2) is 61.6 Å². The van der Waals surface area contributed by atoms with Crippen molar-refractivity contribution in [2.75, 3.05) is 16.1 Å². The second-order valence-corrected chi connectivity index (χ2v) is 12.4. The number of hydrogen-bond donors (Lipinski definition) is 2. The molecule has 1 fully saturated rings. The topological polar surface area (TPSA) is 145 Å². The van der Waals surface area contributed by atoms with E-state index >= 15 is 0 Å². The summed E-state index contributed by atoms with van der Waals surface area (Å²) in [6, 6.07) is 9.54. The zero-order valence-electron chi connectivity index (χ0n) is 16.6. The molecule has 0 radical (unpaired) electrons. The van der Waals surface area contributed by atoms with Crippen LogP contribution in [0.4, 0.5) is 11.4 Å². The van der Waals surface area contributed by atoms with Gasteiger partial charge in [-0.1, -0.05) is 12.1 Å². The van der Waals surface area contributed by atoms with Crippen molar-refractivity contribution in [3.05, 3.63) is 58.8 Å². The predicted octanol–water partition coefficient (Wildman–Crippen LogP) is 2.88. The first-order valence-electron chi connectivity index (χ1n) is 9.29. The van der Waals surface area contributed by atoms with E-state index in [0.717, 1.165) is 22.7 Å². The number of sulfonamides is 2. The fraction of sp³-hybridized carbons (Fsp3) is 0.158. The zero-order valence-corrected chi connectivity index (χ0v) is 19.9. The lowest BCUT2D eigenvalue weighted by molar-refractivity contribution is -0.145. The van der Waals surface area contributed by atoms with Crippen LogP contribution in [0.1, 0.15) is 16.8 Å². The SMILES string of the molecule is O=C(OC1CCOC1=O)c1cc(NS(=O)(=O)c2cccs2)cc(NS(=O)(=O)c2cccs2)c1. The van der Waals surface area contributed by atoms with Gasteiger partial charge >= 0.3 is 11.9 Å². The van der Waals surface area contributed by atoms with Gasteiger partial charge in [-0.15, -0.1) is 22.7 Å². The lowest BCUT2D eigenvalue weighted by Gasteiger charge is -2.14. The normalized spacial score (nSPS) is 16.2. The van der Waals surface area contributed by atoms with E-state index in [9.17, 15) is 26.4 Å². The average molecular weight is 529 g/mol. The third kappa shape index (κ3) is 5.35. The molecule has 2 aromatic heterocycles. The maximum atomic E-state index is 12.7. The minimum atomic E-state index is -3.98. The van der Waals surface area contributed by atoms with Gasteiger partial charge in [-0.2, -0.15) is 0 Å². The predicted molar refractivity (Wildman–Crippen MR) is 121 cm³/mol. The highest BCUT2D eigenvalue weighted by Crippen LogP contribution is 2.27. The van der Waals surface area contributed by atoms with Gasteiger partial charge in [0.05, 0.1) is 23.5 Å². The molecule has 1 aromatic carbocycles. The van der Waals surface area contributed by atoms with E-state index in [0.29, 0.717) is 0 Å². The molecule has 2 N–H and O–H groups in total. The second kappa shape index (κ2) is 9.13. The first-order chi connectivity index (χ1) is 15.6. The summed E-state index contributed by atoms with van der Waals surface area (Å²) in [6.45, 7) is 0.114. The van der Waals surface area contributed by atoms with Crippen LogP contribution in [0.25, 0.3) is 0 Å². The van der Waals surface area contributed by atoms with Gasteiger partial charge in [-0.3, -0.25) is 9.44 Å². The number of rotatable bonds is 8. The van der Waals surface area contributed by atoms with Gasteiger partial charge in [0.2, 0.25) is 6.10 Å². The van der Waals surface area contributed by atoms with Crippen LogP contribution in [-0.2, 0) is 34.3 Å². The molecule has 1 aliphatic heterocycles. The maximum absolute atomic E-state index is 12.7. The summed E-state index contributed by atoms with van der Waals surface area (Å²) in [5.74, 6) is -1.62. The van der Waals surface area contributed by atoms with E-state index < -0.39 is 38.1 Å². The molecule has 1 unspecified atom stereocenters. The molecule has 1 atom stereocenters. The molecular formula is C19H16N2O8S4. The van der Waals surface area contributed by atoms with Crippen molar-refractivity contribution in [2.45, 2.75) is 20.9 Å². The Morgan fingerprint density at radius 3 is 1.91 bits per heavy atom. The van der Waals surface area contributed by atoms with Crippen LogP contribution < -0.4 is 9.44 Å². The van der Waals surface area contributed by atoms with Gasteiger partial charge < -0.3 is 9.47 Å². The van der Waals surface area contributed by atoms with Gasteiger partial charge in [0.15, 0.2) is 0 Å². The molecule has 3 aromatic rings. The first-order valence-corrected chi connectivity index (χ1v) is 14.0. The van der Waals surface area contributed by atoms with Crippen molar-refractivity contribution < 1.29 is 35.9 Å². The molecule has 1 saturated heterocycles. The summed E-state index contributed by atoms with van der Waals surface area (Å²) in [5.41, 5.74) is -0.309. The summed E-state index contributed by atoms with van der Waals surface area (Å²) in [7, 11) is -7.96. The van der Waals surface area contributed by atoms with Crippen molar-refractivity contribution in [1.82, 2.24) is 0 Å². The van der Waals surface area contributed by atoms with Crippen molar-refractivity contribution in [3.63, 3.8) is 0 Å². The minimum absolute atomic E-state index is 0.0323. The Morgan fingerprint density at radius 1 is 0.939 bits per heavy atom. The van der Waals surface area contributed by atoms with Crippen molar-refractivity contribution >= 4 is 66.0 Å². The van der Waals surface area contributed by atoms with E-state index in [1.165, 1.54) is 30.3 Å². The van der Waals surface area contributed by atoms with Crippen molar-refractivity contribution in [3.8, 4) is 0 Å². The molecule has 3 heterocycles. The van der Waals surface area contributed by atoms with Gasteiger partial charge in [0.1, 0.15) is 8.42 Å². The number of carbonyl (C=O) groups excluding carboxylic acids is 2. The lowest BCUT2D eigenvalue weighted by atomic mass is 10.2. The molecule has 0 aliphatic carbocycles. The van der Waals surface area contributed by atoms with E-state index in [1.54, 1.807) is 22.9 Å². The lowest BCUT2D eigenvalue weighted by Crippen LogP contribution is -2.23. The van der Waals surface area contributed by atoms with Crippen LogP contribution in [0.5, 0.6) is 0 Å². The number of anilines is 2. The van der Waals surface area contributed by atoms with Crippen LogP contribution >= 0.6 is 22.7 Å². The van der Waals surface area contributed by atoms with Gasteiger partial charge in [0, 0.05) is 6.42 Å². The number of carbonyl (C=O) groups is 2. The van der Waals surface area contributed by atoms with Gasteiger partial charge in [-0.05, 0) is 41.1 Å². The molecule has 0 bridgehead atoms. The molecular weight excluding hydrogens is 512 g/mol. The fourth-order valence-electron chi connectivity index (χ4n) is 2.89. The third-order valence-corrected chi connectivity index (χ3v) is 9.89. The van der Waals surface area contributed by atoms with Crippen LogP contribution in [0.2, 0.25) is 0 Å². The third-order valence-electron chi connectivity index (χ3n) is 4.33. The van der Waals surface area contributed by atoms with Crippen LogP contribution in [-0.4, -0.2) is 41.5 Å². The molecule has 10 nitrogen and oxygen atoms in total. The number of hydrogen-bond acceptors (Lipinski definition) is 10. The maximum Gasteiger partial charge on any atom is 0.347 e. The Morgan fingerprint density at radius 2 is 1.48 bits per heavy atom. The Balaban J connectivity index is 1.68. The molecule has 0 spiro atoms. The highest BCUT2D eigenvalue weighted by atomic mass is 32.3. The molecule has 33 heavy (non-hydrogen) atoms. The largest absolute Gasteiger partial charge is 0.463 e. The number of ether oxygens (including phenoxy) is 2. The summed E-state index contributed by atoms with van der Waals surface area (Å²) in [6.07, 6.45) is -0.900.